The summed E-state index contributed by atoms with van der Waals surface area (Å²) in [5.41, 5.74) is -0.0803. The van der Waals surface area contributed by atoms with E-state index in [0.29, 0.717) is 28.6 Å². The average molecular weight is 381 g/mol. The molecule has 0 aromatic heterocycles. The number of halogens is 1. The van der Waals surface area contributed by atoms with Crippen molar-refractivity contribution in [1.82, 2.24) is 9.80 Å². The van der Waals surface area contributed by atoms with E-state index in [-0.39, 0.29) is 12.5 Å². The fourth-order valence-corrected chi connectivity index (χ4v) is 3.51. The summed E-state index contributed by atoms with van der Waals surface area (Å²) in [5, 5.41) is 9.97. The van der Waals surface area contributed by atoms with Crippen LogP contribution in [-0.4, -0.2) is 57.4 Å². The monoisotopic (exact) mass is 380 g/mol. The van der Waals surface area contributed by atoms with Gasteiger partial charge in [-0.15, -0.1) is 0 Å². The summed E-state index contributed by atoms with van der Waals surface area (Å²) in [6, 6.07) is 4.85. The molecule has 0 bridgehead atoms. The lowest BCUT2D eigenvalue weighted by Gasteiger charge is -2.34. The van der Waals surface area contributed by atoms with Gasteiger partial charge < -0.3 is 10.0 Å². The molecule has 122 valence electrons. The predicted octanol–water partition coefficient (Wildman–Crippen LogP) is 1.42. The number of hydrogen-bond acceptors (Lipinski definition) is 4. The Morgan fingerprint density at radius 1 is 1.30 bits per heavy atom. The molecular formula is C16H17BrN2O4. The van der Waals surface area contributed by atoms with Crippen molar-refractivity contribution < 1.29 is 19.5 Å². The standard InChI is InChI=1S/C16H17BrN2O4/c1-16(2)12(20)5-6-19(16)13(21)8-18-14(22)10-4-3-9(17)7-11(10)15(18)23/h3-4,7,12,20H,5-6,8H2,1-2H3. The predicted molar refractivity (Wildman–Crippen MR) is 85.9 cm³/mol. The van der Waals surface area contributed by atoms with E-state index in [1.807, 2.05) is 0 Å². The van der Waals surface area contributed by atoms with Crippen LogP contribution in [0.15, 0.2) is 22.7 Å². The van der Waals surface area contributed by atoms with Gasteiger partial charge in [-0.05, 0) is 38.5 Å². The molecule has 0 aliphatic carbocycles. The van der Waals surface area contributed by atoms with Crippen LogP contribution in [0.4, 0.5) is 0 Å². The molecule has 3 rings (SSSR count). The van der Waals surface area contributed by atoms with Gasteiger partial charge >= 0.3 is 0 Å². The third kappa shape index (κ3) is 2.48. The van der Waals surface area contributed by atoms with Gasteiger partial charge in [-0.2, -0.15) is 0 Å². The number of aliphatic hydroxyl groups excluding tert-OH is 1. The summed E-state index contributed by atoms with van der Waals surface area (Å²) in [4.78, 5) is 39.8. The molecule has 3 amide bonds. The van der Waals surface area contributed by atoms with Gasteiger partial charge in [0.25, 0.3) is 11.8 Å². The van der Waals surface area contributed by atoms with Crippen molar-refractivity contribution in [3.8, 4) is 0 Å². The minimum absolute atomic E-state index is 0.304. The first kappa shape index (κ1) is 16.1. The van der Waals surface area contributed by atoms with Crippen LogP contribution in [0.2, 0.25) is 0 Å². The van der Waals surface area contributed by atoms with Crippen LogP contribution in [0, 0.1) is 0 Å². The number of imide groups is 1. The molecule has 1 aromatic rings. The highest BCUT2D eigenvalue weighted by atomic mass is 79.9. The highest BCUT2D eigenvalue weighted by molar-refractivity contribution is 9.10. The molecule has 1 saturated heterocycles. The number of carbonyl (C=O) groups excluding carboxylic acids is 3. The van der Waals surface area contributed by atoms with E-state index in [1.54, 1.807) is 32.0 Å². The van der Waals surface area contributed by atoms with Crippen molar-refractivity contribution in [1.29, 1.82) is 0 Å². The fraction of sp³-hybridized carbons (Fsp3) is 0.438. The summed E-state index contributed by atoms with van der Waals surface area (Å²) in [7, 11) is 0. The Morgan fingerprint density at radius 3 is 2.57 bits per heavy atom. The molecule has 0 radical (unpaired) electrons. The van der Waals surface area contributed by atoms with Gasteiger partial charge in [0.15, 0.2) is 0 Å². The van der Waals surface area contributed by atoms with Gasteiger partial charge in [0.05, 0.1) is 22.8 Å². The Bertz CT molecular complexity index is 716. The molecule has 1 N–H and O–H groups in total. The number of likely N-dealkylation sites (tertiary alicyclic amines) is 1. The first-order chi connectivity index (χ1) is 10.7. The zero-order valence-electron chi connectivity index (χ0n) is 12.9. The Hall–Kier alpha value is -1.73. The number of amides is 3. The highest BCUT2D eigenvalue weighted by Gasteiger charge is 2.45. The Labute approximate surface area is 142 Å². The topological polar surface area (TPSA) is 77.9 Å². The number of hydrogen-bond donors (Lipinski definition) is 1. The van der Waals surface area contributed by atoms with E-state index >= 15 is 0 Å². The van der Waals surface area contributed by atoms with Gasteiger partial charge in [0, 0.05) is 11.0 Å². The number of aliphatic hydroxyl groups is 1. The summed E-state index contributed by atoms with van der Waals surface area (Å²) in [6.07, 6.45) is -0.113. The maximum absolute atomic E-state index is 12.5. The van der Waals surface area contributed by atoms with Crippen molar-refractivity contribution in [2.75, 3.05) is 13.1 Å². The number of rotatable bonds is 2. The molecule has 2 heterocycles. The number of benzene rings is 1. The number of carbonyl (C=O) groups is 3. The fourth-order valence-electron chi connectivity index (χ4n) is 3.15. The third-order valence-electron chi connectivity index (χ3n) is 4.66. The van der Waals surface area contributed by atoms with Crippen LogP contribution in [0.1, 0.15) is 41.0 Å². The molecule has 1 fully saturated rings. The van der Waals surface area contributed by atoms with Gasteiger partial charge in [-0.3, -0.25) is 19.3 Å². The molecule has 23 heavy (non-hydrogen) atoms. The van der Waals surface area contributed by atoms with Crippen LogP contribution in [0.3, 0.4) is 0 Å². The summed E-state index contributed by atoms with van der Waals surface area (Å²) in [5.74, 6) is -1.25. The minimum Gasteiger partial charge on any atom is -0.391 e. The Balaban J connectivity index is 1.81. The first-order valence-corrected chi connectivity index (χ1v) is 8.17. The van der Waals surface area contributed by atoms with E-state index in [2.05, 4.69) is 15.9 Å². The zero-order chi connectivity index (χ0) is 16.9. The van der Waals surface area contributed by atoms with Gasteiger partial charge in [-0.25, -0.2) is 0 Å². The van der Waals surface area contributed by atoms with Crippen LogP contribution >= 0.6 is 15.9 Å². The molecule has 1 atom stereocenters. The average Bonchev–Trinajstić information content (AvgIpc) is 2.88. The second-order valence-electron chi connectivity index (χ2n) is 6.39. The number of fused-ring (bicyclic) bond motifs is 1. The van der Waals surface area contributed by atoms with Gasteiger partial charge in [-0.1, -0.05) is 15.9 Å². The molecular weight excluding hydrogens is 364 g/mol. The van der Waals surface area contributed by atoms with Crippen molar-refractivity contribution in [2.24, 2.45) is 0 Å². The largest absolute Gasteiger partial charge is 0.391 e. The quantitative estimate of drug-likeness (QED) is 0.786. The maximum Gasteiger partial charge on any atom is 0.262 e. The van der Waals surface area contributed by atoms with E-state index in [9.17, 15) is 19.5 Å². The first-order valence-electron chi connectivity index (χ1n) is 7.37. The smallest absolute Gasteiger partial charge is 0.262 e. The Kier molecular flexibility index (Phi) is 3.80. The van der Waals surface area contributed by atoms with Crippen molar-refractivity contribution in [3.05, 3.63) is 33.8 Å². The molecule has 2 aliphatic rings. The van der Waals surface area contributed by atoms with Gasteiger partial charge in [0.2, 0.25) is 5.91 Å². The van der Waals surface area contributed by atoms with E-state index < -0.39 is 23.5 Å². The zero-order valence-corrected chi connectivity index (χ0v) is 14.5. The third-order valence-corrected chi connectivity index (χ3v) is 5.16. The van der Waals surface area contributed by atoms with Crippen molar-refractivity contribution in [3.63, 3.8) is 0 Å². The van der Waals surface area contributed by atoms with Crippen LogP contribution in [0.25, 0.3) is 0 Å². The normalized spacial score (nSPS) is 22.7. The second-order valence-corrected chi connectivity index (χ2v) is 7.31. The molecule has 6 nitrogen and oxygen atoms in total. The van der Waals surface area contributed by atoms with Crippen molar-refractivity contribution >= 4 is 33.7 Å². The molecule has 2 aliphatic heterocycles. The lowest BCUT2D eigenvalue weighted by Crippen LogP contribution is -2.51. The lowest BCUT2D eigenvalue weighted by molar-refractivity contribution is -0.136. The molecule has 7 heteroatoms. The minimum atomic E-state index is -0.696. The van der Waals surface area contributed by atoms with Crippen LogP contribution in [-0.2, 0) is 4.79 Å². The summed E-state index contributed by atoms with van der Waals surface area (Å²) in [6.45, 7) is 3.67. The molecule has 0 saturated carbocycles. The van der Waals surface area contributed by atoms with Crippen LogP contribution < -0.4 is 0 Å². The lowest BCUT2D eigenvalue weighted by atomic mass is 9.99. The van der Waals surface area contributed by atoms with E-state index in [0.717, 1.165) is 4.90 Å². The molecule has 0 spiro atoms. The molecule has 1 unspecified atom stereocenters. The van der Waals surface area contributed by atoms with E-state index in [1.165, 1.54) is 4.90 Å². The SMILES string of the molecule is CC1(C)C(O)CCN1C(=O)CN1C(=O)c2ccc(Br)cc2C1=O. The Morgan fingerprint density at radius 2 is 1.96 bits per heavy atom. The molecule has 1 aromatic carbocycles. The van der Waals surface area contributed by atoms with Gasteiger partial charge in [0.1, 0.15) is 6.54 Å². The number of nitrogens with zero attached hydrogens (tertiary/aromatic N) is 2. The maximum atomic E-state index is 12.5. The van der Waals surface area contributed by atoms with Crippen molar-refractivity contribution in [2.45, 2.75) is 31.9 Å². The van der Waals surface area contributed by atoms with Crippen LogP contribution in [0.5, 0.6) is 0 Å². The highest BCUT2D eigenvalue weighted by Crippen LogP contribution is 2.30. The summed E-state index contributed by atoms with van der Waals surface area (Å²) < 4.78 is 0.703. The second kappa shape index (κ2) is 5.42. The van der Waals surface area contributed by atoms with E-state index in [4.69, 9.17) is 0 Å². The summed E-state index contributed by atoms with van der Waals surface area (Å²) >= 11 is 3.27.